The summed E-state index contributed by atoms with van der Waals surface area (Å²) in [5.74, 6) is 1.10. The zero-order valence-electron chi connectivity index (χ0n) is 18.6. The van der Waals surface area contributed by atoms with Crippen LogP contribution in [0.1, 0.15) is 72.1 Å². The summed E-state index contributed by atoms with van der Waals surface area (Å²) < 4.78 is 5.18. The van der Waals surface area contributed by atoms with Crippen LogP contribution in [0, 0.1) is 0 Å². The lowest BCUT2D eigenvalue weighted by Gasteiger charge is -2.19. The van der Waals surface area contributed by atoms with E-state index < -0.39 is 5.60 Å². The van der Waals surface area contributed by atoms with Gasteiger partial charge < -0.3 is 26.0 Å². The molecule has 2 aliphatic rings. The largest absolute Gasteiger partial charge is 0.444 e. The standard InChI is InChI=1S/C21H38N4O4S/c1-21(2,3)29-20(28)23-13-9-5-4-8-12-22-17(26)11-7-6-10-16-18-15(14-30-16)24-19(27)25-18/h15-16,18H,4-14H2,1-3H3,(H,22,26)(H,23,28)(H2,24,25,27)/t15?,16-,18?/m0/s1. The van der Waals surface area contributed by atoms with Gasteiger partial charge in [0.25, 0.3) is 0 Å². The molecule has 0 aliphatic carbocycles. The van der Waals surface area contributed by atoms with E-state index in [1.165, 1.54) is 0 Å². The van der Waals surface area contributed by atoms with Crippen molar-refractivity contribution in [1.82, 2.24) is 21.3 Å². The number of alkyl carbamates (subject to hydrolysis) is 1. The van der Waals surface area contributed by atoms with E-state index in [9.17, 15) is 14.4 Å². The number of hydrogen-bond donors (Lipinski definition) is 4. The van der Waals surface area contributed by atoms with Crippen molar-refractivity contribution < 1.29 is 19.1 Å². The lowest BCUT2D eigenvalue weighted by molar-refractivity contribution is -0.121. The maximum absolute atomic E-state index is 11.9. The molecule has 9 heteroatoms. The van der Waals surface area contributed by atoms with E-state index in [0.717, 1.165) is 50.7 Å². The molecule has 4 N–H and O–H groups in total. The smallest absolute Gasteiger partial charge is 0.407 e. The molecule has 0 aromatic carbocycles. The Morgan fingerprint density at radius 1 is 1.03 bits per heavy atom. The monoisotopic (exact) mass is 442 g/mol. The van der Waals surface area contributed by atoms with E-state index >= 15 is 0 Å². The summed E-state index contributed by atoms with van der Waals surface area (Å²) in [4.78, 5) is 34.8. The molecule has 30 heavy (non-hydrogen) atoms. The van der Waals surface area contributed by atoms with Crippen LogP contribution in [-0.2, 0) is 9.53 Å². The third kappa shape index (κ3) is 9.45. The van der Waals surface area contributed by atoms with Crippen LogP contribution in [0.3, 0.4) is 0 Å². The molecule has 8 nitrogen and oxygen atoms in total. The zero-order chi connectivity index (χ0) is 22.0. The zero-order valence-corrected chi connectivity index (χ0v) is 19.4. The molecule has 3 atom stereocenters. The van der Waals surface area contributed by atoms with Gasteiger partial charge in [-0.15, -0.1) is 0 Å². The van der Waals surface area contributed by atoms with Crippen LogP contribution in [0.25, 0.3) is 0 Å². The van der Waals surface area contributed by atoms with Gasteiger partial charge in [-0.2, -0.15) is 11.8 Å². The van der Waals surface area contributed by atoms with E-state index in [0.29, 0.717) is 24.8 Å². The Morgan fingerprint density at radius 3 is 2.43 bits per heavy atom. The Morgan fingerprint density at radius 2 is 1.73 bits per heavy atom. The van der Waals surface area contributed by atoms with Crippen molar-refractivity contribution in [3.05, 3.63) is 0 Å². The van der Waals surface area contributed by atoms with Gasteiger partial charge in [0.2, 0.25) is 5.91 Å². The molecular weight excluding hydrogens is 404 g/mol. The summed E-state index contributed by atoms with van der Waals surface area (Å²) in [5.41, 5.74) is -0.466. The van der Waals surface area contributed by atoms with Gasteiger partial charge in [-0.05, 0) is 46.5 Å². The number of carbonyl (C=O) groups is 3. The number of unbranched alkanes of at least 4 members (excludes halogenated alkanes) is 4. The molecule has 0 radical (unpaired) electrons. The average Bonchev–Trinajstić information content (AvgIpc) is 3.19. The molecule has 4 amide bonds. The maximum Gasteiger partial charge on any atom is 0.407 e. The van der Waals surface area contributed by atoms with Gasteiger partial charge in [0.15, 0.2) is 0 Å². The van der Waals surface area contributed by atoms with Gasteiger partial charge in [0, 0.05) is 30.5 Å². The summed E-state index contributed by atoms with van der Waals surface area (Å²) in [6, 6.07) is 0.466. The number of amides is 4. The highest BCUT2D eigenvalue weighted by Gasteiger charge is 2.42. The first-order valence-corrected chi connectivity index (χ1v) is 12.2. The van der Waals surface area contributed by atoms with E-state index in [1.807, 2.05) is 32.5 Å². The third-order valence-corrected chi connectivity index (χ3v) is 6.68. The fourth-order valence-corrected chi connectivity index (χ4v) is 5.24. The van der Waals surface area contributed by atoms with E-state index in [-0.39, 0.29) is 30.1 Å². The second kappa shape index (κ2) is 12.3. The quantitative estimate of drug-likeness (QED) is 0.274. The molecule has 0 aromatic rings. The normalized spacial score (nSPS) is 22.8. The van der Waals surface area contributed by atoms with Crippen LogP contribution in [0.2, 0.25) is 0 Å². The number of urea groups is 1. The predicted octanol–water partition coefficient (Wildman–Crippen LogP) is 2.91. The fraction of sp³-hybridized carbons (Fsp3) is 0.857. The summed E-state index contributed by atoms with van der Waals surface area (Å²) in [5, 5.41) is 12.2. The molecular formula is C21H38N4O4S. The lowest BCUT2D eigenvalue weighted by Crippen LogP contribution is -2.36. The molecule has 0 aromatic heterocycles. The Hall–Kier alpha value is -1.64. The van der Waals surface area contributed by atoms with Crippen molar-refractivity contribution in [3.63, 3.8) is 0 Å². The summed E-state index contributed by atoms with van der Waals surface area (Å²) in [6.07, 6.45) is 7.03. The van der Waals surface area contributed by atoms with Gasteiger partial charge in [-0.3, -0.25) is 4.79 Å². The highest BCUT2D eigenvalue weighted by Crippen LogP contribution is 2.33. The first kappa shape index (κ1) is 24.6. The van der Waals surface area contributed by atoms with E-state index in [4.69, 9.17) is 4.74 Å². The number of rotatable bonds is 12. The molecule has 2 saturated heterocycles. The molecule has 2 fully saturated rings. The first-order valence-electron chi connectivity index (χ1n) is 11.2. The molecule has 0 spiro atoms. The van der Waals surface area contributed by atoms with Crippen molar-refractivity contribution in [3.8, 4) is 0 Å². The minimum atomic E-state index is -0.466. The maximum atomic E-state index is 11.9. The lowest BCUT2D eigenvalue weighted by atomic mass is 10.0. The van der Waals surface area contributed by atoms with Gasteiger partial charge in [-0.1, -0.05) is 19.3 Å². The minimum Gasteiger partial charge on any atom is -0.444 e. The van der Waals surface area contributed by atoms with Crippen molar-refractivity contribution in [2.45, 2.75) is 95.1 Å². The van der Waals surface area contributed by atoms with Crippen LogP contribution < -0.4 is 21.3 Å². The number of hydrogen-bond acceptors (Lipinski definition) is 5. The topological polar surface area (TPSA) is 109 Å². The summed E-state index contributed by atoms with van der Waals surface area (Å²) in [6.45, 7) is 6.86. The summed E-state index contributed by atoms with van der Waals surface area (Å²) >= 11 is 1.92. The van der Waals surface area contributed by atoms with E-state index in [1.54, 1.807) is 0 Å². The second-order valence-corrected chi connectivity index (χ2v) is 10.3. The van der Waals surface area contributed by atoms with Crippen LogP contribution in [0.5, 0.6) is 0 Å². The van der Waals surface area contributed by atoms with Crippen molar-refractivity contribution in [2.24, 2.45) is 0 Å². The second-order valence-electron chi connectivity index (χ2n) is 9.06. The number of nitrogens with one attached hydrogen (secondary N) is 4. The van der Waals surface area contributed by atoms with Crippen LogP contribution >= 0.6 is 11.8 Å². The molecule has 0 saturated carbocycles. The average molecular weight is 443 g/mol. The highest BCUT2D eigenvalue weighted by molar-refractivity contribution is 8.00. The number of fused-ring (bicyclic) bond motifs is 1. The minimum absolute atomic E-state index is 0.0472. The SMILES string of the molecule is CC(C)(C)OC(=O)NCCCCCCNC(=O)CCCC[C@@H]1SCC2NC(=O)NC21. The molecule has 2 unspecified atom stereocenters. The number of thioether (sulfide) groups is 1. The van der Waals surface area contributed by atoms with Gasteiger partial charge in [0.05, 0.1) is 12.1 Å². The molecule has 2 aliphatic heterocycles. The Balaban J connectivity index is 1.38. The van der Waals surface area contributed by atoms with Gasteiger partial charge in [0.1, 0.15) is 5.60 Å². The summed E-state index contributed by atoms with van der Waals surface area (Å²) in [7, 11) is 0. The number of ether oxygens (including phenoxy) is 1. The van der Waals surface area contributed by atoms with Crippen LogP contribution in [0.4, 0.5) is 9.59 Å². The first-order chi connectivity index (χ1) is 14.2. The predicted molar refractivity (Wildman–Crippen MR) is 120 cm³/mol. The van der Waals surface area contributed by atoms with Gasteiger partial charge in [-0.25, -0.2) is 9.59 Å². The molecule has 0 bridgehead atoms. The van der Waals surface area contributed by atoms with Gasteiger partial charge >= 0.3 is 12.1 Å². The van der Waals surface area contributed by atoms with Crippen LogP contribution in [-0.4, -0.2) is 59.8 Å². The Kier molecular flexibility index (Phi) is 10.1. The number of carbonyl (C=O) groups excluding carboxylic acids is 3. The van der Waals surface area contributed by atoms with Crippen molar-refractivity contribution in [1.29, 1.82) is 0 Å². The highest BCUT2D eigenvalue weighted by atomic mass is 32.2. The molecule has 172 valence electrons. The van der Waals surface area contributed by atoms with E-state index in [2.05, 4.69) is 21.3 Å². The fourth-order valence-electron chi connectivity index (χ4n) is 3.70. The third-order valence-electron chi connectivity index (χ3n) is 5.17. The molecule has 2 rings (SSSR count). The Bertz CT molecular complexity index is 582. The Labute approximate surface area is 184 Å². The van der Waals surface area contributed by atoms with Crippen molar-refractivity contribution in [2.75, 3.05) is 18.8 Å². The van der Waals surface area contributed by atoms with Crippen molar-refractivity contribution >= 4 is 29.8 Å². The van der Waals surface area contributed by atoms with Crippen LogP contribution in [0.15, 0.2) is 0 Å². The molecule has 2 heterocycles.